The minimum Gasteiger partial charge on any atom is -0.474 e. The number of pyridine rings is 1. The van der Waals surface area contributed by atoms with Crippen LogP contribution in [0.15, 0.2) is 12.1 Å². The number of alkyl halides is 3. The first-order chi connectivity index (χ1) is 9.38. The van der Waals surface area contributed by atoms with Crippen LogP contribution in [-0.4, -0.2) is 22.0 Å². The third kappa shape index (κ3) is 3.69. The maximum atomic E-state index is 12.7. The molecule has 1 fully saturated rings. The molecule has 0 spiro atoms. The molecule has 1 aromatic rings. The van der Waals surface area contributed by atoms with E-state index in [-0.39, 0.29) is 23.3 Å². The van der Waals surface area contributed by atoms with Gasteiger partial charge in [-0.3, -0.25) is 4.79 Å². The van der Waals surface area contributed by atoms with Crippen molar-refractivity contribution in [1.29, 1.82) is 0 Å². The second-order valence-corrected chi connectivity index (χ2v) is 4.71. The second-order valence-electron chi connectivity index (χ2n) is 4.71. The fraction of sp³-hybridized carbons (Fsp3) is 0.538. The van der Waals surface area contributed by atoms with Gasteiger partial charge in [0.1, 0.15) is 17.6 Å². The fourth-order valence-electron chi connectivity index (χ4n) is 2.06. The number of ketones is 1. The highest BCUT2D eigenvalue weighted by atomic mass is 19.4. The second kappa shape index (κ2) is 5.78. The molecule has 2 rings (SSSR count). The van der Waals surface area contributed by atoms with E-state index in [1.165, 1.54) is 6.07 Å². The molecule has 7 heteroatoms. The van der Waals surface area contributed by atoms with Crippen molar-refractivity contribution in [3.05, 3.63) is 23.4 Å². The normalized spacial score (nSPS) is 17.3. The number of rotatable bonds is 3. The smallest absolute Gasteiger partial charge is 0.433 e. The van der Waals surface area contributed by atoms with Gasteiger partial charge in [0, 0.05) is 18.9 Å². The van der Waals surface area contributed by atoms with E-state index in [0.717, 1.165) is 6.07 Å². The monoisotopic (exact) mass is 289 g/mol. The molecular weight excluding hydrogens is 275 g/mol. The summed E-state index contributed by atoms with van der Waals surface area (Å²) in [6, 6.07) is 2.07. The molecule has 0 amide bonds. The number of aromatic nitrogens is 1. The van der Waals surface area contributed by atoms with Crippen LogP contribution < -0.4 is 4.74 Å². The first-order valence-corrected chi connectivity index (χ1v) is 6.26. The van der Waals surface area contributed by atoms with E-state index < -0.39 is 18.5 Å². The fourth-order valence-corrected chi connectivity index (χ4v) is 2.06. The minimum absolute atomic E-state index is 0.0919. The highest BCUT2D eigenvalue weighted by Crippen LogP contribution is 2.31. The number of carbonyl (C=O) groups excluding carboxylic acids is 1. The zero-order chi connectivity index (χ0) is 14.8. The van der Waals surface area contributed by atoms with E-state index >= 15 is 0 Å². The van der Waals surface area contributed by atoms with Crippen LogP contribution in [0.5, 0.6) is 5.88 Å². The Morgan fingerprint density at radius 3 is 2.50 bits per heavy atom. The number of aliphatic hydroxyl groups is 1. The predicted octanol–water partition coefficient (Wildman–Crippen LogP) is 2.48. The Bertz CT molecular complexity index is 492. The van der Waals surface area contributed by atoms with Gasteiger partial charge in [-0.1, -0.05) is 0 Å². The third-order valence-corrected chi connectivity index (χ3v) is 3.11. The summed E-state index contributed by atoms with van der Waals surface area (Å²) >= 11 is 0. The van der Waals surface area contributed by atoms with Crippen molar-refractivity contribution in [3.63, 3.8) is 0 Å². The molecule has 1 saturated carbocycles. The molecule has 1 aliphatic carbocycles. The maximum Gasteiger partial charge on any atom is 0.433 e. The molecular formula is C13H14F3NO3. The van der Waals surface area contributed by atoms with Crippen molar-refractivity contribution in [1.82, 2.24) is 4.98 Å². The SMILES string of the molecule is O=C1CCC(Oc2cc(CO)cc(C(F)(F)F)n2)CC1. The molecule has 20 heavy (non-hydrogen) atoms. The summed E-state index contributed by atoms with van der Waals surface area (Å²) in [6.45, 7) is -0.523. The third-order valence-electron chi connectivity index (χ3n) is 3.11. The van der Waals surface area contributed by atoms with Gasteiger partial charge in [-0.2, -0.15) is 13.2 Å². The summed E-state index contributed by atoms with van der Waals surface area (Å²) < 4.78 is 43.4. The highest BCUT2D eigenvalue weighted by Gasteiger charge is 2.33. The molecule has 0 aliphatic heterocycles. The molecule has 0 saturated heterocycles. The maximum absolute atomic E-state index is 12.7. The number of Topliss-reactive ketones (excluding diaryl/α,β-unsaturated/α-hetero) is 1. The van der Waals surface area contributed by atoms with Crippen LogP contribution in [0.1, 0.15) is 36.9 Å². The number of nitrogens with zero attached hydrogens (tertiary/aromatic N) is 1. The molecule has 0 atom stereocenters. The van der Waals surface area contributed by atoms with Gasteiger partial charge in [0.25, 0.3) is 0 Å². The highest BCUT2D eigenvalue weighted by molar-refractivity contribution is 5.79. The lowest BCUT2D eigenvalue weighted by Crippen LogP contribution is -2.24. The summed E-state index contributed by atoms with van der Waals surface area (Å²) in [7, 11) is 0. The minimum atomic E-state index is -4.59. The molecule has 0 aromatic carbocycles. The molecule has 110 valence electrons. The van der Waals surface area contributed by atoms with Crippen molar-refractivity contribution >= 4 is 5.78 Å². The molecule has 0 bridgehead atoms. The molecule has 0 unspecified atom stereocenters. The van der Waals surface area contributed by atoms with E-state index in [2.05, 4.69) is 4.98 Å². The molecule has 4 nitrogen and oxygen atoms in total. The van der Waals surface area contributed by atoms with E-state index in [1.807, 2.05) is 0 Å². The van der Waals surface area contributed by atoms with E-state index in [1.54, 1.807) is 0 Å². The average Bonchev–Trinajstić information content (AvgIpc) is 2.40. The van der Waals surface area contributed by atoms with Crippen molar-refractivity contribution in [2.75, 3.05) is 0 Å². The van der Waals surface area contributed by atoms with Crippen LogP contribution in [0.3, 0.4) is 0 Å². The quantitative estimate of drug-likeness (QED) is 0.928. The average molecular weight is 289 g/mol. The number of ether oxygens (including phenoxy) is 1. The van der Waals surface area contributed by atoms with Crippen LogP contribution in [0.25, 0.3) is 0 Å². The largest absolute Gasteiger partial charge is 0.474 e. The van der Waals surface area contributed by atoms with Gasteiger partial charge >= 0.3 is 6.18 Å². The Balaban J connectivity index is 2.16. The van der Waals surface area contributed by atoms with Gasteiger partial charge in [-0.15, -0.1) is 0 Å². The summed E-state index contributed by atoms with van der Waals surface area (Å²) in [4.78, 5) is 14.5. The first-order valence-electron chi connectivity index (χ1n) is 6.26. The molecule has 1 heterocycles. The number of hydrogen-bond donors (Lipinski definition) is 1. The molecule has 1 aliphatic rings. The van der Waals surface area contributed by atoms with Gasteiger partial charge in [0.15, 0.2) is 0 Å². The van der Waals surface area contributed by atoms with Crippen LogP contribution in [-0.2, 0) is 17.6 Å². The lowest BCUT2D eigenvalue weighted by molar-refractivity contribution is -0.141. The summed E-state index contributed by atoms with van der Waals surface area (Å²) in [5.41, 5.74) is -1.000. The van der Waals surface area contributed by atoms with Crippen LogP contribution in [0, 0.1) is 0 Å². The van der Waals surface area contributed by atoms with Crippen molar-refractivity contribution in [2.45, 2.75) is 44.6 Å². The van der Waals surface area contributed by atoms with Crippen LogP contribution in [0.4, 0.5) is 13.2 Å². The van der Waals surface area contributed by atoms with Crippen molar-refractivity contribution in [3.8, 4) is 5.88 Å². The summed E-state index contributed by atoms with van der Waals surface area (Å²) in [5, 5.41) is 9.00. The number of halogens is 3. The predicted molar refractivity (Wildman–Crippen MR) is 63.1 cm³/mol. The summed E-state index contributed by atoms with van der Waals surface area (Å²) in [5.74, 6) is -0.0267. The van der Waals surface area contributed by atoms with Crippen molar-refractivity contribution < 1.29 is 27.8 Å². The van der Waals surface area contributed by atoms with Gasteiger partial charge in [-0.25, -0.2) is 4.98 Å². The Labute approximate surface area is 113 Å². The molecule has 1 aromatic heterocycles. The lowest BCUT2D eigenvalue weighted by atomic mass is 9.96. The number of hydrogen-bond acceptors (Lipinski definition) is 4. The number of carbonyl (C=O) groups is 1. The topological polar surface area (TPSA) is 59.4 Å². The lowest BCUT2D eigenvalue weighted by Gasteiger charge is -2.22. The Kier molecular flexibility index (Phi) is 4.27. The number of aliphatic hydroxyl groups excluding tert-OH is 1. The zero-order valence-electron chi connectivity index (χ0n) is 10.6. The van der Waals surface area contributed by atoms with Gasteiger partial charge in [0.05, 0.1) is 6.61 Å². The Morgan fingerprint density at radius 1 is 1.30 bits per heavy atom. The first kappa shape index (κ1) is 14.8. The van der Waals surface area contributed by atoms with E-state index in [9.17, 15) is 18.0 Å². The van der Waals surface area contributed by atoms with E-state index in [4.69, 9.17) is 9.84 Å². The van der Waals surface area contributed by atoms with Crippen LogP contribution >= 0.6 is 0 Å². The Morgan fingerprint density at radius 2 is 1.95 bits per heavy atom. The zero-order valence-corrected chi connectivity index (χ0v) is 10.6. The molecule has 1 N–H and O–H groups in total. The van der Waals surface area contributed by atoms with E-state index in [0.29, 0.717) is 25.7 Å². The summed E-state index contributed by atoms with van der Waals surface area (Å²) in [6.07, 6.45) is -3.20. The Hall–Kier alpha value is -1.63. The standard InChI is InChI=1S/C13H14F3NO3/c14-13(15,16)11-5-8(7-18)6-12(17-11)20-10-3-1-9(19)2-4-10/h5-6,10,18H,1-4,7H2. The van der Waals surface area contributed by atoms with Crippen molar-refractivity contribution in [2.24, 2.45) is 0 Å². The molecule has 0 radical (unpaired) electrons. The van der Waals surface area contributed by atoms with Crippen LogP contribution in [0.2, 0.25) is 0 Å². The van der Waals surface area contributed by atoms with Gasteiger partial charge < -0.3 is 9.84 Å². The van der Waals surface area contributed by atoms with Gasteiger partial charge in [-0.05, 0) is 24.5 Å². The van der Waals surface area contributed by atoms with Gasteiger partial charge in [0.2, 0.25) is 5.88 Å².